The predicted octanol–water partition coefficient (Wildman–Crippen LogP) is 14.1. The fourth-order valence-electron chi connectivity index (χ4n) is 9.96. The van der Waals surface area contributed by atoms with Crippen LogP contribution in [0.2, 0.25) is 0 Å². The summed E-state index contributed by atoms with van der Waals surface area (Å²) in [5.41, 5.74) is 20.0. The molecule has 0 radical (unpaired) electrons. The Bertz CT molecular complexity index is 3060. The molecule has 2 aliphatic carbocycles. The fourth-order valence-corrected chi connectivity index (χ4v) is 9.96. The molecule has 0 spiro atoms. The first kappa shape index (κ1) is 32.8. The molecule has 0 unspecified atom stereocenters. The summed E-state index contributed by atoms with van der Waals surface area (Å²) in [6.45, 7) is 9.47. The second-order valence-corrected chi connectivity index (χ2v) is 16.6. The molecule has 2 heterocycles. The normalized spacial score (nSPS) is 14.4. The van der Waals surface area contributed by atoms with Gasteiger partial charge in [0.15, 0.2) is 0 Å². The van der Waals surface area contributed by atoms with Gasteiger partial charge in [-0.05, 0) is 130 Å². The van der Waals surface area contributed by atoms with Crippen LogP contribution >= 0.6 is 0 Å². The number of nitrogens with zero attached hydrogens (tertiary/aromatic N) is 2. The summed E-state index contributed by atoms with van der Waals surface area (Å²) >= 11 is 0. The van der Waals surface area contributed by atoms with Gasteiger partial charge in [-0.3, -0.25) is 9.97 Å². The van der Waals surface area contributed by atoms with Crippen molar-refractivity contribution in [3.63, 3.8) is 0 Å². The highest BCUT2D eigenvalue weighted by molar-refractivity contribution is 6.22. The van der Waals surface area contributed by atoms with Gasteiger partial charge in [0.1, 0.15) is 0 Å². The third-order valence-corrected chi connectivity index (χ3v) is 12.8. The van der Waals surface area contributed by atoms with E-state index < -0.39 is 0 Å². The van der Waals surface area contributed by atoms with Crippen molar-refractivity contribution in [1.82, 2.24) is 9.97 Å². The molecule has 0 saturated heterocycles. The van der Waals surface area contributed by atoms with Gasteiger partial charge in [0.25, 0.3) is 0 Å². The number of fused-ring (bicyclic) bond motifs is 8. The van der Waals surface area contributed by atoms with E-state index >= 15 is 0 Å². The molecule has 266 valence electrons. The van der Waals surface area contributed by atoms with Crippen LogP contribution in [0.15, 0.2) is 170 Å². The van der Waals surface area contributed by atoms with Gasteiger partial charge in [-0.2, -0.15) is 0 Å². The van der Waals surface area contributed by atoms with Crippen molar-refractivity contribution in [2.24, 2.45) is 0 Å². The quantitative estimate of drug-likeness (QED) is 0.170. The number of aromatic nitrogens is 2. The van der Waals surface area contributed by atoms with E-state index in [0.717, 1.165) is 22.4 Å². The number of pyridine rings is 2. The van der Waals surface area contributed by atoms with Crippen LogP contribution < -0.4 is 0 Å². The predicted molar refractivity (Wildman–Crippen MR) is 234 cm³/mol. The summed E-state index contributed by atoms with van der Waals surface area (Å²) in [6.07, 6.45) is 5.64. The van der Waals surface area contributed by atoms with Crippen molar-refractivity contribution in [2.75, 3.05) is 0 Å². The maximum atomic E-state index is 5.02. The Hall–Kier alpha value is -6.64. The molecule has 9 aromatic rings. The second-order valence-electron chi connectivity index (χ2n) is 16.6. The first-order valence-electron chi connectivity index (χ1n) is 19.6. The molecule has 0 atom stereocenters. The van der Waals surface area contributed by atoms with E-state index in [4.69, 9.17) is 4.98 Å². The molecular weight excluding hydrogens is 677 g/mol. The van der Waals surface area contributed by atoms with Gasteiger partial charge in [-0.25, -0.2) is 0 Å². The van der Waals surface area contributed by atoms with Gasteiger partial charge in [0.05, 0.1) is 5.69 Å². The molecule has 11 rings (SSSR count). The van der Waals surface area contributed by atoms with Crippen molar-refractivity contribution >= 4 is 21.5 Å². The summed E-state index contributed by atoms with van der Waals surface area (Å²) in [7, 11) is 0. The van der Waals surface area contributed by atoms with Gasteiger partial charge < -0.3 is 0 Å². The molecule has 2 heteroatoms. The van der Waals surface area contributed by atoms with Gasteiger partial charge in [-0.1, -0.05) is 143 Å². The molecule has 0 amide bonds. The summed E-state index contributed by atoms with van der Waals surface area (Å²) in [4.78, 5) is 9.22. The van der Waals surface area contributed by atoms with Crippen LogP contribution in [0.1, 0.15) is 49.9 Å². The third-order valence-electron chi connectivity index (χ3n) is 12.8. The van der Waals surface area contributed by atoms with Crippen molar-refractivity contribution in [2.45, 2.75) is 38.5 Å². The van der Waals surface area contributed by atoms with Crippen LogP contribution in [0.4, 0.5) is 0 Å². The Morgan fingerprint density at radius 3 is 1.41 bits per heavy atom. The fraction of sp³-hybridized carbons (Fsp3) is 0.111. The lowest BCUT2D eigenvalue weighted by atomic mass is 9.79. The van der Waals surface area contributed by atoms with Crippen molar-refractivity contribution < 1.29 is 0 Å². The SMILES string of the molecule is CC1(C)c2ccccc2-c2ccc(-c3c4ccccc4c(-c4ccc5c(c4)C(C)(C)c4ccccc4-5)c4cc(-c5ccc(-c6ccncc6)cn5)ccc34)cc21. The summed E-state index contributed by atoms with van der Waals surface area (Å²) in [5.74, 6) is 0. The van der Waals surface area contributed by atoms with Crippen molar-refractivity contribution in [3.05, 3.63) is 193 Å². The molecule has 0 saturated carbocycles. The minimum atomic E-state index is -0.103. The highest BCUT2D eigenvalue weighted by Crippen LogP contribution is 2.53. The van der Waals surface area contributed by atoms with Crippen LogP contribution in [-0.2, 0) is 10.8 Å². The molecular formula is C54H40N2. The summed E-state index contributed by atoms with van der Waals surface area (Å²) in [6, 6.07) is 56.5. The van der Waals surface area contributed by atoms with Crippen LogP contribution in [0.5, 0.6) is 0 Å². The van der Waals surface area contributed by atoms with E-state index in [2.05, 4.69) is 172 Å². The topological polar surface area (TPSA) is 25.8 Å². The Balaban J connectivity index is 1.17. The third kappa shape index (κ3) is 4.69. The van der Waals surface area contributed by atoms with E-state index in [1.807, 2.05) is 30.7 Å². The smallest absolute Gasteiger partial charge is 0.0702 e. The maximum absolute atomic E-state index is 5.02. The lowest BCUT2D eigenvalue weighted by Gasteiger charge is -2.24. The molecule has 2 nitrogen and oxygen atoms in total. The highest BCUT2D eigenvalue weighted by Gasteiger charge is 2.37. The van der Waals surface area contributed by atoms with Gasteiger partial charge in [0.2, 0.25) is 0 Å². The zero-order chi connectivity index (χ0) is 37.8. The lowest BCUT2D eigenvalue weighted by molar-refractivity contribution is 0.660. The molecule has 0 bridgehead atoms. The van der Waals surface area contributed by atoms with Crippen LogP contribution in [0.25, 0.3) is 88.4 Å². The standard InChI is InChI=1S/C54H40N2/c1-53(2)46-15-9-7-11-38(46)40-21-18-35(30-48(40)53)51-42-13-5-6-14-43(42)52(36-19-22-41-39-12-8-10-16-47(39)54(3,4)49(41)31-36)45-29-34(17-23-44(45)51)50-24-20-37(32-56-50)33-25-27-55-28-26-33/h5-32H,1-4H3. The molecule has 0 fully saturated rings. The zero-order valence-electron chi connectivity index (χ0n) is 32.1. The van der Waals surface area contributed by atoms with Crippen LogP contribution in [0, 0.1) is 0 Å². The first-order chi connectivity index (χ1) is 27.3. The Labute approximate surface area is 328 Å². The second kappa shape index (κ2) is 11.9. The molecule has 7 aromatic carbocycles. The first-order valence-corrected chi connectivity index (χ1v) is 19.6. The Morgan fingerprint density at radius 1 is 0.357 bits per heavy atom. The average Bonchev–Trinajstić information content (AvgIpc) is 3.61. The summed E-state index contributed by atoms with van der Waals surface area (Å²) < 4.78 is 0. The van der Waals surface area contributed by atoms with Gasteiger partial charge in [-0.15, -0.1) is 0 Å². The molecule has 0 aliphatic heterocycles. The minimum Gasteiger partial charge on any atom is -0.265 e. The molecule has 56 heavy (non-hydrogen) atoms. The Kier molecular flexibility index (Phi) is 6.98. The van der Waals surface area contributed by atoms with Crippen LogP contribution in [-0.4, -0.2) is 9.97 Å². The highest BCUT2D eigenvalue weighted by atomic mass is 14.7. The number of hydrogen-bond acceptors (Lipinski definition) is 2. The molecule has 2 aromatic heterocycles. The largest absolute Gasteiger partial charge is 0.265 e. The Morgan fingerprint density at radius 2 is 0.839 bits per heavy atom. The van der Waals surface area contributed by atoms with Crippen LogP contribution in [0.3, 0.4) is 0 Å². The number of benzene rings is 7. The molecule has 2 aliphatic rings. The summed E-state index contributed by atoms with van der Waals surface area (Å²) in [5, 5.41) is 4.99. The number of rotatable bonds is 4. The van der Waals surface area contributed by atoms with E-state index in [-0.39, 0.29) is 10.8 Å². The van der Waals surface area contributed by atoms with E-state index in [1.165, 1.54) is 88.3 Å². The average molecular weight is 717 g/mol. The zero-order valence-corrected chi connectivity index (χ0v) is 32.1. The maximum Gasteiger partial charge on any atom is 0.0702 e. The van der Waals surface area contributed by atoms with Crippen molar-refractivity contribution in [3.8, 4) is 66.9 Å². The lowest BCUT2D eigenvalue weighted by Crippen LogP contribution is -2.15. The number of hydrogen-bond donors (Lipinski definition) is 0. The van der Waals surface area contributed by atoms with Gasteiger partial charge >= 0.3 is 0 Å². The van der Waals surface area contributed by atoms with E-state index in [9.17, 15) is 0 Å². The van der Waals surface area contributed by atoms with Gasteiger partial charge in [0, 0.05) is 40.5 Å². The molecule has 0 N–H and O–H groups in total. The van der Waals surface area contributed by atoms with Crippen molar-refractivity contribution in [1.29, 1.82) is 0 Å². The van der Waals surface area contributed by atoms with E-state index in [0.29, 0.717) is 0 Å². The monoisotopic (exact) mass is 716 g/mol. The van der Waals surface area contributed by atoms with E-state index in [1.54, 1.807) is 0 Å². The minimum absolute atomic E-state index is 0.0937.